The second kappa shape index (κ2) is 5.59. The lowest BCUT2D eigenvalue weighted by molar-refractivity contribution is 0.358. The summed E-state index contributed by atoms with van der Waals surface area (Å²) >= 11 is 11.4. The molecule has 0 spiro atoms. The van der Waals surface area contributed by atoms with Crippen molar-refractivity contribution in [3.8, 4) is 0 Å². The zero-order chi connectivity index (χ0) is 13.3. The number of hydrogen-bond donors (Lipinski definition) is 1. The molecule has 1 aliphatic rings. The Hall–Kier alpha value is 0.0700. The van der Waals surface area contributed by atoms with E-state index < -0.39 is 0 Å². The lowest BCUT2D eigenvalue weighted by Gasteiger charge is -2.35. The SMILES string of the molecule is CC1(C)CSCC(Nc2c(Cl)cc(F)cc2Br)C1. The second-order valence-electron chi connectivity index (χ2n) is 5.47. The maximum Gasteiger partial charge on any atom is 0.125 e. The van der Waals surface area contributed by atoms with Gasteiger partial charge in [0.05, 0.1) is 10.7 Å². The normalized spacial score (nSPS) is 22.8. The topological polar surface area (TPSA) is 12.0 Å². The van der Waals surface area contributed by atoms with Crippen molar-refractivity contribution in [3.63, 3.8) is 0 Å². The predicted molar refractivity (Wildman–Crippen MR) is 82.2 cm³/mol. The average Bonchev–Trinajstić information content (AvgIpc) is 2.22. The van der Waals surface area contributed by atoms with Crippen molar-refractivity contribution in [1.82, 2.24) is 0 Å². The van der Waals surface area contributed by atoms with Gasteiger partial charge in [0.15, 0.2) is 0 Å². The molecule has 0 bridgehead atoms. The van der Waals surface area contributed by atoms with Crippen LogP contribution in [0.5, 0.6) is 0 Å². The third kappa shape index (κ3) is 3.55. The van der Waals surface area contributed by atoms with Crippen LogP contribution in [0.1, 0.15) is 20.3 Å². The Morgan fingerprint density at radius 1 is 1.50 bits per heavy atom. The molecule has 1 aromatic carbocycles. The highest BCUT2D eigenvalue weighted by molar-refractivity contribution is 9.10. The second-order valence-corrected chi connectivity index (χ2v) is 7.76. The Bertz CT molecular complexity index is 430. The number of anilines is 1. The van der Waals surface area contributed by atoms with E-state index in [2.05, 4.69) is 35.1 Å². The summed E-state index contributed by atoms with van der Waals surface area (Å²) in [4.78, 5) is 0. The largest absolute Gasteiger partial charge is 0.379 e. The lowest BCUT2D eigenvalue weighted by atomic mass is 9.88. The van der Waals surface area contributed by atoms with Crippen LogP contribution in [0.4, 0.5) is 10.1 Å². The van der Waals surface area contributed by atoms with Crippen LogP contribution in [-0.2, 0) is 0 Å². The fraction of sp³-hybridized carbons (Fsp3) is 0.538. The molecule has 100 valence electrons. The van der Waals surface area contributed by atoms with Gasteiger partial charge in [-0.3, -0.25) is 0 Å². The van der Waals surface area contributed by atoms with Gasteiger partial charge >= 0.3 is 0 Å². The molecule has 1 nitrogen and oxygen atoms in total. The molecule has 1 N–H and O–H groups in total. The van der Waals surface area contributed by atoms with Gasteiger partial charge in [-0.15, -0.1) is 0 Å². The Kier molecular flexibility index (Phi) is 4.50. The zero-order valence-electron chi connectivity index (χ0n) is 10.4. The van der Waals surface area contributed by atoms with Crippen molar-refractivity contribution >= 4 is 45.0 Å². The van der Waals surface area contributed by atoms with Crippen LogP contribution in [0.2, 0.25) is 5.02 Å². The Labute approximate surface area is 125 Å². The summed E-state index contributed by atoms with van der Waals surface area (Å²) in [6, 6.07) is 3.16. The van der Waals surface area contributed by atoms with Gasteiger partial charge in [-0.05, 0) is 45.7 Å². The summed E-state index contributed by atoms with van der Waals surface area (Å²) < 4.78 is 13.8. The van der Waals surface area contributed by atoms with Crippen molar-refractivity contribution in [2.45, 2.75) is 26.3 Å². The summed E-state index contributed by atoms with van der Waals surface area (Å²) in [5.74, 6) is 1.92. The number of benzene rings is 1. The molecule has 1 saturated heterocycles. The van der Waals surface area contributed by atoms with Crippen LogP contribution in [0.15, 0.2) is 16.6 Å². The minimum atomic E-state index is -0.323. The summed E-state index contributed by atoms with van der Waals surface area (Å²) in [5.41, 5.74) is 1.13. The van der Waals surface area contributed by atoms with E-state index in [9.17, 15) is 4.39 Å². The quantitative estimate of drug-likeness (QED) is 0.786. The molecular weight excluding hydrogens is 337 g/mol. The third-order valence-corrected chi connectivity index (χ3v) is 5.51. The van der Waals surface area contributed by atoms with Crippen LogP contribution in [-0.4, -0.2) is 17.5 Å². The van der Waals surface area contributed by atoms with E-state index in [0.717, 1.165) is 17.9 Å². The molecule has 1 fully saturated rings. The van der Waals surface area contributed by atoms with Gasteiger partial charge in [0.2, 0.25) is 0 Å². The van der Waals surface area contributed by atoms with Crippen molar-refractivity contribution < 1.29 is 4.39 Å². The highest BCUT2D eigenvalue weighted by Crippen LogP contribution is 2.38. The summed E-state index contributed by atoms with van der Waals surface area (Å²) in [6.07, 6.45) is 1.10. The molecule has 0 amide bonds. The molecule has 0 aliphatic carbocycles. The highest BCUT2D eigenvalue weighted by Gasteiger charge is 2.29. The maximum atomic E-state index is 13.2. The molecule has 18 heavy (non-hydrogen) atoms. The summed E-state index contributed by atoms with van der Waals surface area (Å²) in [5, 5.41) is 3.86. The van der Waals surface area contributed by atoms with E-state index in [1.165, 1.54) is 17.9 Å². The molecule has 1 unspecified atom stereocenters. The summed E-state index contributed by atoms with van der Waals surface area (Å²) in [7, 11) is 0. The van der Waals surface area contributed by atoms with E-state index >= 15 is 0 Å². The van der Waals surface area contributed by atoms with Crippen molar-refractivity contribution in [2.75, 3.05) is 16.8 Å². The molecule has 1 aromatic rings. The Balaban J connectivity index is 2.14. The average molecular weight is 353 g/mol. The Morgan fingerprint density at radius 3 is 2.83 bits per heavy atom. The smallest absolute Gasteiger partial charge is 0.125 e. The van der Waals surface area contributed by atoms with E-state index in [-0.39, 0.29) is 5.82 Å². The Morgan fingerprint density at radius 2 is 2.22 bits per heavy atom. The molecular formula is C13H16BrClFNS. The van der Waals surface area contributed by atoms with Crippen LogP contribution in [0.3, 0.4) is 0 Å². The maximum absolute atomic E-state index is 13.2. The standard InChI is InChI=1S/C13H16BrClFNS/c1-13(2)5-9(6-18-7-13)17-12-10(14)3-8(16)4-11(12)15/h3-4,9,17H,5-7H2,1-2H3. The monoisotopic (exact) mass is 351 g/mol. The molecule has 0 saturated carbocycles. The third-order valence-electron chi connectivity index (χ3n) is 2.97. The van der Waals surface area contributed by atoms with Crippen molar-refractivity contribution in [1.29, 1.82) is 0 Å². The minimum absolute atomic E-state index is 0.323. The van der Waals surface area contributed by atoms with Gasteiger partial charge in [0.25, 0.3) is 0 Å². The van der Waals surface area contributed by atoms with Gasteiger partial charge in [-0.2, -0.15) is 11.8 Å². The van der Waals surface area contributed by atoms with Crippen molar-refractivity contribution in [3.05, 3.63) is 27.4 Å². The van der Waals surface area contributed by atoms with Gasteiger partial charge in [-0.1, -0.05) is 25.4 Å². The number of thioether (sulfide) groups is 1. The minimum Gasteiger partial charge on any atom is -0.379 e. The van der Waals surface area contributed by atoms with E-state index in [0.29, 0.717) is 21.0 Å². The first-order valence-electron chi connectivity index (χ1n) is 5.86. The van der Waals surface area contributed by atoms with Crippen LogP contribution >= 0.6 is 39.3 Å². The number of rotatable bonds is 2. The zero-order valence-corrected chi connectivity index (χ0v) is 13.6. The molecule has 5 heteroatoms. The fourth-order valence-electron chi connectivity index (χ4n) is 2.24. The van der Waals surface area contributed by atoms with Crippen LogP contribution < -0.4 is 5.32 Å². The van der Waals surface area contributed by atoms with E-state index in [1.807, 2.05) is 11.8 Å². The first kappa shape index (κ1) is 14.5. The van der Waals surface area contributed by atoms with Gasteiger partial charge in [-0.25, -0.2) is 4.39 Å². The van der Waals surface area contributed by atoms with Gasteiger partial charge < -0.3 is 5.32 Å². The first-order valence-corrected chi connectivity index (χ1v) is 8.19. The molecule has 2 rings (SSSR count). The van der Waals surface area contributed by atoms with Gasteiger partial charge in [0, 0.05) is 16.3 Å². The molecule has 1 heterocycles. The fourth-order valence-corrected chi connectivity index (χ4v) is 4.43. The number of halogens is 3. The molecule has 1 aliphatic heterocycles. The van der Waals surface area contributed by atoms with Gasteiger partial charge in [0.1, 0.15) is 5.82 Å². The molecule has 1 atom stereocenters. The number of hydrogen-bond acceptors (Lipinski definition) is 2. The van der Waals surface area contributed by atoms with Crippen molar-refractivity contribution in [2.24, 2.45) is 5.41 Å². The number of nitrogens with one attached hydrogen (secondary N) is 1. The van der Waals surface area contributed by atoms with E-state index in [4.69, 9.17) is 11.6 Å². The van der Waals surface area contributed by atoms with E-state index in [1.54, 1.807) is 0 Å². The highest BCUT2D eigenvalue weighted by atomic mass is 79.9. The lowest BCUT2D eigenvalue weighted by Crippen LogP contribution is -2.35. The molecule has 0 radical (unpaired) electrons. The predicted octanol–water partition coefficient (Wildman–Crippen LogP) is 5.19. The molecule has 0 aromatic heterocycles. The van der Waals surface area contributed by atoms with Crippen LogP contribution in [0, 0.1) is 11.2 Å². The summed E-state index contributed by atoms with van der Waals surface area (Å²) in [6.45, 7) is 4.55. The van der Waals surface area contributed by atoms with Crippen LogP contribution in [0.25, 0.3) is 0 Å². The first-order chi connectivity index (χ1) is 8.37.